The fourth-order valence-electron chi connectivity index (χ4n) is 1.44. The summed E-state index contributed by atoms with van der Waals surface area (Å²) in [5.41, 5.74) is 7.49. The van der Waals surface area contributed by atoms with Gasteiger partial charge in [0.2, 0.25) is 0 Å². The van der Waals surface area contributed by atoms with E-state index < -0.39 is 0 Å². The predicted molar refractivity (Wildman–Crippen MR) is 74.7 cm³/mol. The molecular formula is C10H9IN4S. The number of thiocarbonyl (C=S) groups is 1. The first-order valence-electron chi connectivity index (χ1n) is 4.55. The van der Waals surface area contributed by atoms with Crippen LogP contribution in [0.4, 0.5) is 0 Å². The van der Waals surface area contributed by atoms with Crippen LogP contribution in [0.3, 0.4) is 0 Å². The van der Waals surface area contributed by atoms with E-state index in [0.717, 1.165) is 14.7 Å². The summed E-state index contributed by atoms with van der Waals surface area (Å²) in [6.07, 6.45) is 5.36. The molecule has 2 N–H and O–H groups in total. The number of rotatable bonds is 2. The monoisotopic (exact) mass is 344 g/mol. The number of pyridine rings is 1. The number of nitrogens with zero attached hydrogens (tertiary/aromatic N) is 3. The zero-order valence-electron chi connectivity index (χ0n) is 8.51. The Bertz CT molecular complexity index is 550. The highest BCUT2D eigenvalue weighted by Crippen LogP contribution is 2.16. The smallest absolute Gasteiger partial charge is 0.163 e. The largest absolute Gasteiger partial charge is 0.389 e. The molecule has 0 saturated carbocycles. The molecule has 2 heterocycles. The fraction of sp³-hybridized carbons (Fsp3) is 0.100. The van der Waals surface area contributed by atoms with Crippen LogP contribution in [0.25, 0.3) is 5.82 Å². The molecule has 0 unspecified atom stereocenters. The highest BCUT2D eigenvalue weighted by molar-refractivity contribution is 14.1. The summed E-state index contributed by atoms with van der Waals surface area (Å²) in [5.74, 6) is 0.676. The summed E-state index contributed by atoms with van der Waals surface area (Å²) in [6, 6.07) is 1.88. The zero-order chi connectivity index (χ0) is 11.7. The lowest BCUT2D eigenvalue weighted by molar-refractivity contribution is 0.842. The minimum absolute atomic E-state index is 0.339. The number of aromatic nitrogens is 3. The maximum atomic E-state index is 5.71. The Hall–Kier alpha value is -1.02. The Labute approximate surface area is 112 Å². The first-order valence-corrected chi connectivity index (χ1v) is 6.04. The van der Waals surface area contributed by atoms with Gasteiger partial charge in [-0.1, -0.05) is 12.2 Å². The Morgan fingerprint density at radius 3 is 2.88 bits per heavy atom. The molecule has 16 heavy (non-hydrogen) atoms. The Morgan fingerprint density at radius 2 is 2.31 bits per heavy atom. The maximum Gasteiger partial charge on any atom is 0.163 e. The van der Waals surface area contributed by atoms with Gasteiger partial charge in [-0.15, -0.1) is 0 Å². The van der Waals surface area contributed by atoms with Gasteiger partial charge < -0.3 is 5.73 Å². The average molecular weight is 344 g/mol. The summed E-state index contributed by atoms with van der Waals surface area (Å²) in [6.45, 7) is 1.95. The second kappa shape index (κ2) is 4.46. The minimum atomic E-state index is 0.339. The molecule has 0 aliphatic heterocycles. The van der Waals surface area contributed by atoms with Gasteiger partial charge in [-0.3, -0.25) is 0 Å². The van der Waals surface area contributed by atoms with Gasteiger partial charge in [-0.25, -0.2) is 9.67 Å². The number of hydrogen-bond acceptors (Lipinski definition) is 3. The van der Waals surface area contributed by atoms with Crippen molar-refractivity contribution >= 4 is 39.8 Å². The van der Waals surface area contributed by atoms with Gasteiger partial charge >= 0.3 is 0 Å². The molecule has 0 saturated heterocycles. The SMILES string of the molecule is Cc1ccnc(-n2cc(I)cn2)c1C(N)=S. The molecule has 0 fully saturated rings. The van der Waals surface area contributed by atoms with E-state index >= 15 is 0 Å². The zero-order valence-corrected chi connectivity index (χ0v) is 11.5. The third-order valence-corrected chi connectivity index (χ3v) is 2.91. The van der Waals surface area contributed by atoms with Crippen molar-refractivity contribution < 1.29 is 0 Å². The predicted octanol–water partition coefficient (Wildman–Crippen LogP) is 1.81. The number of aryl methyl sites for hydroxylation is 1. The molecular weight excluding hydrogens is 335 g/mol. The van der Waals surface area contributed by atoms with E-state index in [1.807, 2.05) is 19.2 Å². The fourth-order valence-corrected chi connectivity index (χ4v) is 2.08. The van der Waals surface area contributed by atoms with Crippen LogP contribution in [-0.4, -0.2) is 19.8 Å². The van der Waals surface area contributed by atoms with Gasteiger partial charge in [0.1, 0.15) is 4.99 Å². The maximum absolute atomic E-state index is 5.71. The summed E-state index contributed by atoms with van der Waals surface area (Å²) in [4.78, 5) is 4.61. The van der Waals surface area contributed by atoms with Gasteiger partial charge in [0.05, 0.1) is 15.3 Å². The molecule has 2 aromatic rings. The van der Waals surface area contributed by atoms with Crippen LogP contribution in [0.1, 0.15) is 11.1 Å². The summed E-state index contributed by atoms with van der Waals surface area (Å²) < 4.78 is 2.72. The molecule has 0 spiro atoms. The second-order valence-electron chi connectivity index (χ2n) is 3.29. The standard InChI is InChI=1S/C10H9IN4S/c1-6-2-3-13-10(8(6)9(12)16)15-5-7(11)4-14-15/h2-5H,1H3,(H2,12,16). The molecule has 2 rings (SSSR count). The van der Waals surface area contributed by atoms with Crippen LogP contribution in [0, 0.1) is 10.5 Å². The molecule has 0 aliphatic rings. The molecule has 4 nitrogen and oxygen atoms in total. The van der Waals surface area contributed by atoms with Gasteiger partial charge in [-0.05, 0) is 41.1 Å². The second-order valence-corrected chi connectivity index (χ2v) is 4.98. The van der Waals surface area contributed by atoms with Gasteiger partial charge in [0, 0.05) is 12.4 Å². The topological polar surface area (TPSA) is 56.7 Å². The van der Waals surface area contributed by atoms with Crippen LogP contribution in [0.2, 0.25) is 0 Å². The lowest BCUT2D eigenvalue weighted by atomic mass is 10.1. The Balaban J connectivity index is 2.65. The third kappa shape index (κ3) is 2.07. The average Bonchev–Trinajstić information content (AvgIpc) is 2.63. The lowest BCUT2D eigenvalue weighted by Gasteiger charge is -2.09. The van der Waals surface area contributed by atoms with Gasteiger partial charge in [0.15, 0.2) is 5.82 Å². The van der Waals surface area contributed by atoms with Crippen LogP contribution >= 0.6 is 34.8 Å². The van der Waals surface area contributed by atoms with Crippen molar-refractivity contribution in [3.63, 3.8) is 0 Å². The van der Waals surface area contributed by atoms with Crippen molar-refractivity contribution in [3.8, 4) is 5.82 Å². The normalized spacial score (nSPS) is 10.4. The summed E-state index contributed by atoms with van der Waals surface area (Å²) in [5, 5.41) is 4.20. The number of hydrogen-bond donors (Lipinski definition) is 1. The van der Waals surface area contributed by atoms with Crippen molar-refractivity contribution in [2.75, 3.05) is 0 Å². The molecule has 0 amide bonds. The van der Waals surface area contributed by atoms with E-state index in [9.17, 15) is 0 Å². The molecule has 6 heteroatoms. The summed E-state index contributed by atoms with van der Waals surface area (Å²) in [7, 11) is 0. The molecule has 0 bridgehead atoms. The molecule has 0 aliphatic carbocycles. The first kappa shape index (κ1) is 11.5. The Kier molecular flexibility index (Phi) is 3.20. The van der Waals surface area contributed by atoms with Crippen molar-refractivity contribution in [2.45, 2.75) is 6.92 Å². The van der Waals surface area contributed by atoms with Crippen LogP contribution in [0.5, 0.6) is 0 Å². The van der Waals surface area contributed by atoms with E-state index in [1.54, 1.807) is 17.1 Å². The van der Waals surface area contributed by atoms with E-state index in [-0.39, 0.29) is 0 Å². The molecule has 0 aromatic carbocycles. The molecule has 2 aromatic heterocycles. The first-order chi connectivity index (χ1) is 7.59. The quantitative estimate of drug-likeness (QED) is 0.667. The molecule has 0 atom stereocenters. The van der Waals surface area contributed by atoms with Crippen molar-refractivity contribution in [1.82, 2.24) is 14.8 Å². The van der Waals surface area contributed by atoms with Crippen LogP contribution < -0.4 is 5.73 Å². The number of nitrogens with two attached hydrogens (primary N) is 1. The highest BCUT2D eigenvalue weighted by atomic mass is 127. The van der Waals surface area contributed by atoms with E-state index in [4.69, 9.17) is 18.0 Å². The third-order valence-electron chi connectivity index (χ3n) is 2.15. The van der Waals surface area contributed by atoms with E-state index in [0.29, 0.717) is 10.8 Å². The minimum Gasteiger partial charge on any atom is -0.389 e. The summed E-state index contributed by atoms with van der Waals surface area (Å²) >= 11 is 7.23. The molecule has 0 radical (unpaired) electrons. The van der Waals surface area contributed by atoms with Crippen LogP contribution in [-0.2, 0) is 0 Å². The van der Waals surface area contributed by atoms with Gasteiger partial charge in [0.25, 0.3) is 0 Å². The lowest BCUT2D eigenvalue weighted by Crippen LogP contribution is -2.16. The van der Waals surface area contributed by atoms with Crippen molar-refractivity contribution in [1.29, 1.82) is 0 Å². The highest BCUT2D eigenvalue weighted by Gasteiger charge is 2.12. The van der Waals surface area contributed by atoms with Crippen molar-refractivity contribution in [2.24, 2.45) is 5.73 Å². The Morgan fingerprint density at radius 1 is 1.56 bits per heavy atom. The van der Waals surface area contributed by atoms with Gasteiger partial charge in [-0.2, -0.15) is 5.10 Å². The van der Waals surface area contributed by atoms with E-state index in [2.05, 4.69) is 32.7 Å². The molecule has 82 valence electrons. The van der Waals surface area contributed by atoms with Crippen LogP contribution in [0.15, 0.2) is 24.7 Å². The van der Waals surface area contributed by atoms with E-state index in [1.165, 1.54) is 0 Å². The van der Waals surface area contributed by atoms with Crippen molar-refractivity contribution in [3.05, 3.63) is 39.4 Å². The number of halogens is 1.